The van der Waals surface area contributed by atoms with Crippen LogP contribution in [0, 0.1) is 0 Å². The maximum Gasteiger partial charge on any atom is 0.339 e. The second-order valence-corrected chi connectivity index (χ2v) is 6.32. The summed E-state index contributed by atoms with van der Waals surface area (Å²) in [6.07, 6.45) is 1.40. The first kappa shape index (κ1) is 15.7. The van der Waals surface area contributed by atoms with E-state index < -0.39 is 12.1 Å². The van der Waals surface area contributed by atoms with Gasteiger partial charge in [0.2, 0.25) is 0 Å². The standard InChI is InChI=1S/C20H19NO4/c1-24-16-10-4-7-13-8-5-11-21(18(13)16)19(22)17-12-14-6-2-3-9-15(14)20(23)25-17/h2-4,6-7,9-10,17H,5,8,11-12H2,1H3. The van der Waals surface area contributed by atoms with Crippen molar-refractivity contribution in [2.75, 3.05) is 18.6 Å². The quantitative estimate of drug-likeness (QED) is 0.791. The van der Waals surface area contributed by atoms with Crippen LogP contribution in [0.5, 0.6) is 5.75 Å². The van der Waals surface area contributed by atoms with Crippen molar-refractivity contribution in [2.24, 2.45) is 0 Å². The number of benzene rings is 2. The molecule has 0 N–H and O–H groups in total. The molecule has 5 heteroatoms. The summed E-state index contributed by atoms with van der Waals surface area (Å²) < 4.78 is 10.9. The van der Waals surface area contributed by atoms with Gasteiger partial charge in [0.1, 0.15) is 5.75 Å². The lowest BCUT2D eigenvalue weighted by Gasteiger charge is -2.34. The summed E-state index contributed by atoms with van der Waals surface area (Å²) in [5, 5.41) is 0. The third-order valence-corrected chi connectivity index (χ3v) is 4.83. The monoisotopic (exact) mass is 337 g/mol. The molecule has 128 valence electrons. The lowest BCUT2D eigenvalue weighted by Crippen LogP contribution is -2.46. The molecular weight excluding hydrogens is 318 g/mol. The average molecular weight is 337 g/mol. The van der Waals surface area contributed by atoms with E-state index >= 15 is 0 Å². The minimum Gasteiger partial charge on any atom is -0.495 e. The van der Waals surface area contributed by atoms with E-state index in [-0.39, 0.29) is 5.91 Å². The Hall–Kier alpha value is -2.82. The van der Waals surface area contributed by atoms with Gasteiger partial charge in [0.05, 0.1) is 18.4 Å². The SMILES string of the molecule is COc1cccc2c1N(C(=O)C1Cc3ccccc3C(=O)O1)CCC2. The van der Waals surface area contributed by atoms with E-state index in [9.17, 15) is 9.59 Å². The van der Waals surface area contributed by atoms with E-state index in [4.69, 9.17) is 9.47 Å². The van der Waals surface area contributed by atoms with Crippen molar-refractivity contribution >= 4 is 17.6 Å². The van der Waals surface area contributed by atoms with Gasteiger partial charge >= 0.3 is 5.97 Å². The minimum absolute atomic E-state index is 0.187. The smallest absolute Gasteiger partial charge is 0.339 e. The van der Waals surface area contributed by atoms with Crippen LogP contribution in [0.15, 0.2) is 42.5 Å². The molecule has 2 aromatic rings. The molecule has 0 aromatic heterocycles. The molecule has 25 heavy (non-hydrogen) atoms. The van der Waals surface area contributed by atoms with Crippen LogP contribution in [-0.4, -0.2) is 31.6 Å². The Bertz CT molecular complexity index is 831. The zero-order chi connectivity index (χ0) is 17.4. The first-order valence-corrected chi connectivity index (χ1v) is 8.45. The number of hydrogen-bond donors (Lipinski definition) is 0. The number of nitrogens with zero attached hydrogens (tertiary/aromatic N) is 1. The molecule has 2 heterocycles. The van der Waals surface area contributed by atoms with Crippen LogP contribution in [0.1, 0.15) is 27.9 Å². The number of amides is 1. The van der Waals surface area contributed by atoms with E-state index in [1.54, 1.807) is 24.1 Å². The number of fused-ring (bicyclic) bond motifs is 2. The van der Waals surface area contributed by atoms with Crippen LogP contribution in [0.3, 0.4) is 0 Å². The van der Waals surface area contributed by atoms with Crippen LogP contribution in [0.25, 0.3) is 0 Å². The minimum atomic E-state index is -0.793. The van der Waals surface area contributed by atoms with E-state index in [0.29, 0.717) is 24.3 Å². The van der Waals surface area contributed by atoms with E-state index in [1.807, 2.05) is 30.3 Å². The zero-order valence-electron chi connectivity index (χ0n) is 14.0. The highest BCUT2D eigenvalue weighted by atomic mass is 16.5. The van der Waals surface area contributed by atoms with Gasteiger partial charge in [-0.1, -0.05) is 30.3 Å². The van der Waals surface area contributed by atoms with Gasteiger partial charge in [-0.05, 0) is 36.1 Å². The highest BCUT2D eigenvalue weighted by Crippen LogP contribution is 2.37. The van der Waals surface area contributed by atoms with Crippen LogP contribution in [-0.2, 0) is 22.4 Å². The van der Waals surface area contributed by atoms with Gasteiger partial charge in [0.25, 0.3) is 5.91 Å². The third kappa shape index (κ3) is 2.65. The van der Waals surface area contributed by atoms with Crippen molar-refractivity contribution in [1.82, 2.24) is 0 Å². The maximum atomic E-state index is 13.1. The lowest BCUT2D eigenvalue weighted by molar-refractivity contribution is -0.127. The summed E-state index contributed by atoms with van der Waals surface area (Å²) in [6, 6.07) is 13.1. The average Bonchev–Trinajstić information content (AvgIpc) is 2.66. The molecule has 0 fully saturated rings. The molecule has 1 atom stereocenters. The molecule has 0 saturated carbocycles. The van der Waals surface area contributed by atoms with Crippen molar-refractivity contribution in [3.63, 3.8) is 0 Å². The number of carbonyl (C=O) groups excluding carboxylic acids is 2. The highest BCUT2D eigenvalue weighted by Gasteiger charge is 2.36. The number of esters is 1. The van der Waals surface area contributed by atoms with Gasteiger partial charge in [-0.2, -0.15) is 0 Å². The Balaban J connectivity index is 1.67. The molecule has 0 radical (unpaired) electrons. The molecule has 0 saturated heterocycles. The molecule has 1 unspecified atom stereocenters. The molecule has 0 bridgehead atoms. The molecule has 2 aromatic carbocycles. The van der Waals surface area contributed by atoms with Crippen molar-refractivity contribution < 1.29 is 19.1 Å². The number of anilines is 1. The maximum absolute atomic E-state index is 13.1. The summed E-state index contributed by atoms with van der Waals surface area (Å²) in [7, 11) is 1.60. The van der Waals surface area contributed by atoms with Gasteiger partial charge in [0, 0.05) is 13.0 Å². The predicted octanol–water partition coefficient (Wildman–Crippen LogP) is 2.76. The first-order chi connectivity index (χ1) is 12.2. The zero-order valence-corrected chi connectivity index (χ0v) is 14.0. The van der Waals surface area contributed by atoms with Gasteiger partial charge < -0.3 is 14.4 Å². The highest BCUT2D eigenvalue weighted by molar-refractivity contribution is 6.02. The summed E-state index contributed by atoms with van der Waals surface area (Å²) in [5.74, 6) is 0.0545. The van der Waals surface area contributed by atoms with Crippen molar-refractivity contribution in [1.29, 1.82) is 0 Å². The van der Waals surface area contributed by atoms with Crippen molar-refractivity contribution in [2.45, 2.75) is 25.4 Å². The Morgan fingerprint density at radius 2 is 1.96 bits per heavy atom. The lowest BCUT2D eigenvalue weighted by atomic mass is 9.96. The number of methoxy groups -OCH3 is 1. The fourth-order valence-electron chi connectivity index (χ4n) is 3.64. The molecule has 2 aliphatic heterocycles. The van der Waals surface area contributed by atoms with Crippen LogP contribution in [0.4, 0.5) is 5.69 Å². The van der Waals surface area contributed by atoms with E-state index in [1.165, 1.54) is 0 Å². The van der Waals surface area contributed by atoms with Gasteiger partial charge in [0.15, 0.2) is 6.10 Å². The number of carbonyl (C=O) groups is 2. The molecule has 2 aliphatic rings. The number of hydrogen-bond acceptors (Lipinski definition) is 4. The molecule has 4 rings (SSSR count). The first-order valence-electron chi connectivity index (χ1n) is 8.45. The molecule has 0 aliphatic carbocycles. The number of ether oxygens (including phenoxy) is 2. The number of rotatable bonds is 2. The van der Waals surface area contributed by atoms with Crippen LogP contribution >= 0.6 is 0 Å². The number of para-hydroxylation sites is 1. The van der Waals surface area contributed by atoms with Crippen LogP contribution < -0.4 is 9.64 Å². The topological polar surface area (TPSA) is 55.8 Å². The summed E-state index contributed by atoms with van der Waals surface area (Å²) >= 11 is 0. The molecule has 1 amide bonds. The summed E-state index contributed by atoms with van der Waals surface area (Å²) in [4.78, 5) is 27.1. The number of cyclic esters (lactones) is 1. The third-order valence-electron chi connectivity index (χ3n) is 4.83. The van der Waals surface area contributed by atoms with Crippen molar-refractivity contribution in [3.05, 3.63) is 59.2 Å². The van der Waals surface area contributed by atoms with Crippen molar-refractivity contribution in [3.8, 4) is 5.75 Å². The fraction of sp³-hybridized carbons (Fsp3) is 0.300. The van der Waals surface area contributed by atoms with Crippen LogP contribution in [0.2, 0.25) is 0 Å². The normalized spacial score (nSPS) is 18.8. The Morgan fingerprint density at radius 3 is 2.80 bits per heavy atom. The second kappa shape index (κ2) is 6.24. The molecule has 0 spiro atoms. The second-order valence-electron chi connectivity index (χ2n) is 6.32. The largest absolute Gasteiger partial charge is 0.495 e. The Kier molecular flexibility index (Phi) is 3.92. The summed E-state index contributed by atoms with van der Waals surface area (Å²) in [6.45, 7) is 0.599. The molecule has 5 nitrogen and oxygen atoms in total. The van der Waals surface area contributed by atoms with E-state index in [0.717, 1.165) is 29.7 Å². The summed E-state index contributed by atoms with van der Waals surface area (Å²) in [5.41, 5.74) is 3.29. The van der Waals surface area contributed by atoms with E-state index in [2.05, 4.69) is 0 Å². The fourth-order valence-corrected chi connectivity index (χ4v) is 3.64. The number of aryl methyl sites for hydroxylation is 1. The Labute approximate surface area is 146 Å². The molecular formula is C20H19NO4. The predicted molar refractivity (Wildman–Crippen MR) is 93.0 cm³/mol. The van der Waals surface area contributed by atoms with Gasteiger partial charge in [-0.15, -0.1) is 0 Å². The Morgan fingerprint density at radius 1 is 1.16 bits per heavy atom. The van der Waals surface area contributed by atoms with Gasteiger partial charge in [-0.25, -0.2) is 4.79 Å². The van der Waals surface area contributed by atoms with Gasteiger partial charge in [-0.3, -0.25) is 4.79 Å².